The van der Waals surface area contributed by atoms with Gasteiger partial charge >= 0.3 is 5.76 Å². The summed E-state index contributed by atoms with van der Waals surface area (Å²) in [6, 6.07) is 1.81. The molecule has 4 aromatic heterocycles. The highest BCUT2D eigenvalue weighted by molar-refractivity contribution is 6.30. The van der Waals surface area contributed by atoms with Gasteiger partial charge in [0.05, 0.1) is 5.02 Å². The van der Waals surface area contributed by atoms with E-state index >= 15 is 0 Å². The van der Waals surface area contributed by atoms with Crippen LogP contribution in [0.4, 0.5) is 0 Å². The lowest BCUT2D eigenvalue weighted by atomic mass is 9.83. The molecular weight excluding hydrogens is 522 g/mol. The normalized spacial score (nSPS) is 21.4. The lowest BCUT2D eigenvalue weighted by Gasteiger charge is -2.31. The molecule has 4 aromatic rings. The van der Waals surface area contributed by atoms with E-state index in [1.54, 1.807) is 19.5 Å². The minimum absolute atomic E-state index is 0.0109. The van der Waals surface area contributed by atoms with Crippen LogP contribution in [-0.4, -0.2) is 55.0 Å². The first kappa shape index (κ1) is 26.1. The molecule has 39 heavy (non-hydrogen) atoms. The third kappa shape index (κ3) is 5.35. The number of H-pyrrole nitrogens is 1. The molecule has 6 rings (SSSR count). The van der Waals surface area contributed by atoms with Crippen molar-refractivity contribution >= 4 is 22.8 Å². The molecule has 5 heterocycles. The summed E-state index contributed by atoms with van der Waals surface area (Å²) in [4.78, 5) is 30.6. The number of imidazole rings is 1. The Kier molecular flexibility index (Phi) is 7.46. The van der Waals surface area contributed by atoms with Gasteiger partial charge in [0.2, 0.25) is 5.82 Å². The third-order valence-corrected chi connectivity index (χ3v) is 8.23. The van der Waals surface area contributed by atoms with E-state index in [0.29, 0.717) is 41.1 Å². The number of nitrogens with zero attached hydrogens (tertiary/aromatic N) is 6. The van der Waals surface area contributed by atoms with Crippen LogP contribution >= 0.6 is 11.6 Å². The molecule has 2 fully saturated rings. The lowest BCUT2D eigenvalue weighted by Crippen LogP contribution is -2.27. The minimum Gasteiger partial charge on any atom is -0.384 e. The standard InChI is InChI=1S/C27H32ClN7O4/c1-15-3-5-16(6-4-15)14-35-21-20(18-11-19(28)13-29-12-18)30-24(26-33-34-27(36)39-26)31-23(21)32-25(35)22(37-2)17-7-9-38-10-8-17/h11-13,15-17,22H,3-10,14H2,1-2H3,(H,34,36). The Morgan fingerprint density at radius 3 is 2.62 bits per heavy atom. The van der Waals surface area contributed by atoms with Crippen molar-refractivity contribution in [3.05, 3.63) is 39.9 Å². The summed E-state index contributed by atoms with van der Waals surface area (Å²) in [5, 5.41) is 6.72. The number of rotatable bonds is 7. The molecule has 1 saturated carbocycles. The lowest BCUT2D eigenvalue weighted by molar-refractivity contribution is -0.0200. The largest absolute Gasteiger partial charge is 0.434 e. The number of halogens is 1. The van der Waals surface area contributed by atoms with Gasteiger partial charge in [-0.15, -0.1) is 5.10 Å². The Hall–Kier alpha value is -3.15. The Morgan fingerprint density at radius 1 is 1.13 bits per heavy atom. The van der Waals surface area contributed by atoms with E-state index < -0.39 is 5.76 Å². The van der Waals surface area contributed by atoms with Gasteiger partial charge < -0.3 is 18.5 Å². The molecule has 0 bridgehead atoms. The molecule has 1 N–H and O–H groups in total. The Morgan fingerprint density at radius 2 is 1.92 bits per heavy atom. The maximum atomic E-state index is 11.7. The maximum absolute atomic E-state index is 11.7. The third-order valence-electron chi connectivity index (χ3n) is 8.02. The average Bonchev–Trinajstić information content (AvgIpc) is 3.54. The monoisotopic (exact) mass is 553 g/mol. The van der Waals surface area contributed by atoms with Crippen molar-refractivity contribution in [1.29, 1.82) is 0 Å². The summed E-state index contributed by atoms with van der Waals surface area (Å²) >= 11 is 6.36. The van der Waals surface area contributed by atoms with E-state index in [9.17, 15) is 4.79 Å². The van der Waals surface area contributed by atoms with E-state index in [-0.39, 0.29) is 23.7 Å². The van der Waals surface area contributed by atoms with Crippen LogP contribution in [0.3, 0.4) is 0 Å². The molecule has 1 unspecified atom stereocenters. The Balaban J connectivity index is 1.57. The van der Waals surface area contributed by atoms with E-state index in [2.05, 4.69) is 26.7 Å². The molecule has 1 atom stereocenters. The molecule has 1 aliphatic heterocycles. The number of nitrogens with one attached hydrogen (secondary N) is 1. The van der Waals surface area contributed by atoms with Crippen molar-refractivity contribution < 1.29 is 13.9 Å². The second-order valence-electron chi connectivity index (χ2n) is 10.7. The van der Waals surface area contributed by atoms with Crippen LogP contribution in [0.15, 0.2) is 27.7 Å². The number of hydrogen-bond donors (Lipinski definition) is 1. The van der Waals surface area contributed by atoms with Gasteiger partial charge in [0, 0.05) is 44.8 Å². The fourth-order valence-corrected chi connectivity index (χ4v) is 6.09. The number of hydrogen-bond acceptors (Lipinski definition) is 9. The Labute approximate surface area is 230 Å². The highest BCUT2D eigenvalue weighted by Gasteiger charge is 2.33. The van der Waals surface area contributed by atoms with Gasteiger partial charge in [-0.05, 0) is 49.5 Å². The first-order valence-corrected chi connectivity index (χ1v) is 13.9. The summed E-state index contributed by atoms with van der Waals surface area (Å²) < 4.78 is 19.2. The van der Waals surface area contributed by atoms with Crippen LogP contribution in [-0.2, 0) is 16.0 Å². The van der Waals surface area contributed by atoms with Crippen molar-refractivity contribution in [2.75, 3.05) is 20.3 Å². The maximum Gasteiger partial charge on any atom is 0.434 e. The number of aromatic nitrogens is 7. The minimum atomic E-state index is -0.684. The number of pyridine rings is 1. The van der Waals surface area contributed by atoms with Gasteiger partial charge in [-0.1, -0.05) is 31.4 Å². The predicted molar refractivity (Wildman–Crippen MR) is 144 cm³/mol. The Bertz CT molecular complexity index is 1500. The highest BCUT2D eigenvalue weighted by atomic mass is 35.5. The SMILES string of the molecule is COC(c1nc2nc(-c3n[nH]c(=O)o3)nc(-c3cncc(Cl)c3)c2n1CC1CCC(C)CC1)C1CCOCC1. The molecular formula is C27H32ClN7O4. The van der Waals surface area contributed by atoms with Gasteiger partial charge in [-0.2, -0.15) is 0 Å². The summed E-state index contributed by atoms with van der Waals surface area (Å²) in [5.74, 6) is 1.79. The fraction of sp³-hybridized carbons (Fsp3) is 0.556. The second-order valence-corrected chi connectivity index (χ2v) is 11.1. The molecule has 0 amide bonds. The van der Waals surface area contributed by atoms with Crippen molar-refractivity contribution in [3.63, 3.8) is 0 Å². The molecule has 2 aliphatic rings. The zero-order valence-corrected chi connectivity index (χ0v) is 22.9. The molecule has 0 radical (unpaired) electrons. The number of ether oxygens (including phenoxy) is 2. The first-order chi connectivity index (χ1) is 19.0. The summed E-state index contributed by atoms with van der Waals surface area (Å²) in [6.45, 7) is 4.51. The zero-order valence-electron chi connectivity index (χ0n) is 22.1. The molecule has 206 valence electrons. The number of aromatic amines is 1. The molecule has 0 aromatic carbocycles. The van der Waals surface area contributed by atoms with E-state index in [1.807, 2.05) is 6.07 Å². The van der Waals surface area contributed by atoms with Crippen LogP contribution in [0.5, 0.6) is 0 Å². The van der Waals surface area contributed by atoms with E-state index in [0.717, 1.165) is 49.5 Å². The topological polar surface area (TPSA) is 134 Å². The molecule has 11 nitrogen and oxygen atoms in total. The van der Waals surface area contributed by atoms with Crippen LogP contribution in [0.1, 0.15) is 57.4 Å². The number of fused-ring (bicyclic) bond motifs is 1. The summed E-state index contributed by atoms with van der Waals surface area (Å²) in [6.07, 6.45) is 9.57. The summed E-state index contributed by atoms with van der Waals surface area (Å²) in [7, 11) is 1.74. The van der Waals surface area contributed by atoms with Crippen molar-refractivity contribution in [2.45, 2.75) is 58.1 Å². The fourth-order valence-electron chi connectivity index (χ4n) is 5.92. The van der Waals surface area contributed by atoms with Crippen LogP contribution < -0.4 is 5.76 Å². The molecule has 0 spiro atoms. The smallest absolute Gasteiger partial charge is 0.384 e. The zero-order chi connectivity index (χ0) is 26.9. The molecule has 1 aliphatic carbocycles. The van der Waals surface area contributed by atoms with Crippen LogP contribution in [0.25, 0.3) is 34.1 Å². The van der Waals surface area contributed by atoms with Gasteiger partial charge in [0.1, 0.15) is 23.1 Å². The van der Waals surface area contributed by atoms with E-state index in [4.69, 9.17) is 40.4 Å². The van der Waals surface area contributed by atoms with Crippen molar-refractivity contribution in [2.24, 2.45) is 17.8 Å². The van der Waals surface area contributed by atoms with Crippen LogP contribution in [0.2, 0.25) is 5.02 Å². The van der Waals surface area contributed by atoms with Crippen molar-refractivity contribution in [1.82, 2.24) is 34.7 Å². The van der Waals surface area contributed by atoms with E-state index in [1.165, 1.54) is 12.8 Å². The number of methoxy groups -OCH3 is 1. The van der Waals surface area contributed by atoms with Crippen LogP contribution in [0, 0.1) is 17.8 Å². The molecule has 1 saturated heterocycles. The highest BCUT2D eigenvalue weighted by Crippen LogP contribution is 2.39. The van der Waals surface area contributed by atoms with Gasteiger partial charge in [0.25, 0.3) is 5.89 Å². The van der Waals surface area contributed by atoms with Gasteiger partial charge in [-0.25, -0.2) is 24.8 Å². The van der Waals surface area contributed by atoms with Gasteiger partial charge in [0.15, 0.2) is 5.65 Å². The summed E-state index contributed by atoms with van der Waals surface area (Å²) in [5.41, 5.74) is 2.57. The quantitative estimate of drug-likeness (QED) is 0.341. The predicted octanol–water partition coefficient (Wildman–Crippen LogP) is 4.83. The van der Waals surface area contributed by atoms with Gasteiger partial charge in [-0.3, -0.25) is 4.98 Å². The molecule has 12 heteroatoms. The average molecular weight is 554 g/mol. The first-order valence-electron chi connectivity index (χ1n) is 13.6. The van der Waals surface area contributed by atoms with Crippen molar-refractivity contribution in [3.8, 4) is 23.0 Å². The second kappa shape index (κ2) is 11.1.